The van der Waals surface area contributed by atoms with Crippen LogP contribution in [0.2, 0.25) is 0 Å². The van der Waals surface area contributed by atoms with Crippen LogP contribution < -0.4 is 5.32 Å². The second kappa shape index (κ2) is 6.11. The minimum Gasteiger partial charge on any atom is -0.306 e. The fraction of sp³-hybridized carbons (Fsp3) is 0.444. The van der Waals surface area contributed by atoms with Gasteiger partial charge in [-0.3, -0.25) is 0 Å². The summed E-state index contributed by atoms with van der Waals surface area (Å²) in [6, 6.07) is 7.32. The van der Waals surface area contributed by atoms with Gasteiger partial charge in [0.05, 0.1) is 0 Å². The van der Waals surface area contributed by atoms with Crippen molar-refractivity contribution in [2.45, 2.75) is 54.1 Å². The van der Waals surface area contributed by atoms with Crippen molar-refractivity contribution in [3.8, 4) is 0 Å². The molecule has 0 bridgehead atoms. The monoisotopic (exact) mass is 287 g/mol. The molecule has 1 aromatic carbocycles. The predicted molar refractivity (Wildman–Crippen MR) is 89.7 cm³/mol. The van der Waals surface area contributed by atoms with Gasteiger partial charge < -0.3 is 5.32 Å². The summed E-state index contributed by atoms with van der Waals surface area (Å²) in [6.45, 7) is 14.2. The van der Waals surface area contributed by atoms with Crippen LogP contribution in [0.3, 0.4) is 0 Å². The number of thiophene rings is 1. The molecule has 2 rings (SSSR count). The molecular weight excluding hydrogens is 262 g/mol. The van der Waals surface area contributed by atoms with Crippen LogP contribution in [0.15, 0.2) is 18.2 Å². The van der Waals surface area contributed by atoms with Gasteiger partial charge in [-0.1, -0.05) is 12.1 Å². The van der Waals surface area contributed by atoms with Gasteiger partial charge in [-0.2, -0.15) is 0 Å². The van der Waals surface area contributed by atoms with Crippen LogP contribution >= 0.6 is 11.3 Å². The van der Waals surface area contributed by atoms with E-state index >= 15 is 0 Å². The molecule has 1 heterocycles. The predicted octanol–water partition coefficient (Wildman–Crippen LogP) is 5.14. The van der Waals surface area contributed by atoms with Gasteiger partial charge in [-0.25, -0.2) is 0 Å². The number of benzene rings is 1. The van der Waals surface area contributed by atoms with Gasteiger partial charge in [0.25, 0.3) is 0 Å². The number of nitrogens with one attached hydrogen (secondary N) is 1. The van der Waals surface area contributed by atoms with Crippen LogP contribution in [-0.2, 0) is 6.54 Å². The van der Waals surface area contributed by atoms with E-state index in [2.05, 4.69) is 65.1 Å². The third-order valence-corrected chi connectivity index (χ3v) is 5.08. The molecule has 0 saturated carbocycles. The van der Waals surface area contributed by atoms with Crippen molar-refractivity contribution in [1.82, 2.24) is 5.32 Å². The molecule has 0 fully saturated rings. The summed E-state index contributed by atoms with van der Waals surface area (Å²) in [5, 5.41) is 3.66. The van der Waals surface area contributed by atoms with Crippen molar-refractivity contribution < 1.29 is 0 Å². The van der Waals surface area contributed by atoms with Crippen molar-refractivity contribution in [1.29, 1.82) is 0 Å². The minimum absolute atomic E-state index is 0.404. The van der Waals surface area contributed by atoms with Crippen molar-refractivity contribution in [2.24, 2.45) is 0 Å². The molecule has 1 nitrogen and oxygen atoms in total. The molecule has 1 aromatic heterocycles. The molecule has 0 aliphatic carbocycles. The lowest BCUT2D eigenvalue weighted by Gasteiger charge is -2.16. The summed E-state index contributed by atoms with van der Waals surface area (Å²) in [4.78, 5) is 2.83. The lowest BCUT2D eigenvalue weighted by atomic mass is 10.0. The zero-order chi connectivity index (χ0) is 14.9. The highest BCUT2D eigenvalue weighted by atomic mass is 32.1. The molecule has 2 aromatic rings. The Hall–Kier alpha value is -1.12. The van der Waals surface area contributed by atoms with Crippen molar-refractivity contribution >= 4 is 11.3 Å². The van der Waals surface area contributed by atoms with Crippen LogP contribution in [0.5, 0.6) is 0 Å². The Morgan fingerprint density at radius 1 is 0.950 bits per heavy atom. The molecule has 0 spiro atoms. The van der Waals surface area contributed by atoms with E-state index in [1.807, 2.05) is 11.3 Å². The topological polar surface area (TPSA) is 12.0 Å². The van der Waals surface area contributed by atoms with Gasteiger partial charge in [0.15, 0.2) is 0 Å². The quantitative estimate of drug-likeness (QED) is 0.821. The first-order chi connectivity index (χ1) is 9.38. The lowest BCUT2D eigenvalue weighted by Crippen LogP contribution is -2.19. The van der Waals surface area contributed by atoms with Gasteiger partial charge >= 0.3 is 0 Å². The summed E-state index contributed by atoms with van der Waals surface area (Å²) < 4.78 is 0. The van der Waals surface area contributed by atoms with E-state index in [1.165, 1.54) is 37.6 Å². The van der Waals surface area contributed by atoms with E-state index in [1.54, 1.807) is 0 Å². The molecule has 2 heteroatoms. The molecule has 1 N–H and O–H groups in total. The van der Waals surface area contributed by atoms with Gasteiger partial charge in [0, 0.05) is 22.3 Å². The summed E-state index contributed by atoms with van der Waals surface area (Å²) in [7, 11) is 0. The lowest BCUT2D eigenvalue weighted by molar-refractivity contribution is 0.572. The van der Waals surface area contributed by atoms with E-state index in [9.17, 15) is 0 Å². The molecular formula is C18H25NS. The molecule has 0 aliphatic rings. The van der Waals surface area contributed by atoms with E-state index < -0.39 is 0 Å². The summed E-state index contributed by atoms with van der Waals surface area (Å²) in [6.07, 6.45) is 0. The van der Waals surface area contributed by atoms with E-state index in [0.29, 0.717) is 6.04 Å². The number of aryl methyl sites for hydroxylation is 5. The summed E-state index contributed by atoms with van der Waals surface area (Å²) >= 11 is 1.89. The molecule has 108 valence electrons. The first-order valence-corrected chi connectivity index (χ1v) is 8.07. The highest BCUT2D eigenvalue weighted by Gasteiger charge is 2.11. The van der Waals surface area contributed by atoms with Crippen LogP contribution in [-0.4, -0.2) is 0 Å². The smallest absolute Gasteiger partial charge is 0.0305 e. The summed E-state index contributed by atoms with van der Waals surface area (Å²) in [5.74, 6) is 0. The standard InChI is InChI=1S/C18H25NS/c1-11-7-13(3)17(8-12(11)2)10-19-15(5)18-9-14(4)20-16(18)6/h7-9,15,19H,10H2,1-6H3. The molecule has 0 radical (unpaired) electrons. The minimum atomic E-state index is 0.404. The fourth-order valence-corrected chi connectivity index (χ4v) is 3.69. The SMILES string of the molecule is Cc1cc(C(C)NCc2cc(C)c(C)cc2C)c(C)s1. The Bertz CT molecular complexity index is 610. The Kier molecular flexibility index (Phi) is 4.66. The maximum atomic E-state index is 3.66. The second-order valence-corrected chi connectivity index (χ2v) is 7.29. The Morgan fingerprint density at radius 2 is 1.60 bits per heavy atom. The van der Waals surface area contributed by atoms with Gasteiger partial charge in [-0.05, 0) is 75.4 Å². The second-order valence-electron chi connectivity index (χ2n) is 5.83. The van der Waals surface area contributed by atoms with E-state index in [4.69, 9.17) is 0 Å². The fourth-order valence-electron chi connectivity index (χ4n) is 2.66. The highest BCUT2D eigenvalue weighted by molar-refractivity contribution is 7.12. The third kappa shape index (κ3) is 3.31. The molecule has 1 atom stereocenters. The van der Waals surface area contributed by atoms with E-state index in [-0.39, 0.29) is 0 Å². The van der Waals surface area contributed by atoms with E-state index in [0.717, 1.165) is 6.54 Å². The molecule has 0 aliphatic heterocycles. The normalized spacial score (nSPS) is 12.7. The Labute approximate surface area is 127 Å². The van der Waals surface area contributed by atoms with Crippen LogP contribution in [0.25, 0.3) is 0 Å². The average Bonchev–Trinajstić information content (AvgIpc) is 2.71. The van der Waals surface area contributed by atoms with Crippen molar-refractivity contribution in [3.05, 3.63) is 55.8 Å². The maximum Gasteiger partial charge on any atom is 0.0305 e. The van der Waals surface area contributed by atoms with Gasteiger partial charge in [0.1, 0.15) is 0 Å². The number of hydrogen-bond donors (Lipinski definition) is 1. The third-order valence-electron chi connectivity index (χ3n) is 4.10. The maximum absolute atomic E-state index is 3.66. The molecule has 20 heavy (non-hydrogen) atoms. The van der Waals surface area contributed by atoms with Gasteiger partial charge in [-0.15, -0.1) is 11.3 Å². The average molecular weight is 287 g/mol. The van der Waals surface area contributed by atoms with Crippen molar-refractivity contribution in [2.75, 3.05) is 0 Å². The molecule has 0 saturated heterocycles. The first-order valence-electron chi connectivity index (χ1n) is 7.25. The molecule has 1 unspecified atom stereocenters. The van der Waals surface area contributed by atoms with Gasteiger partial charge in [0.2, 0.25) is 0 Å². The van der Waals surface area contributed by atoms with Crippen molar-refractivity contribution in [3.63, 3.8) is 0 Å². The zero-order valence-electron chi connectivity index (χ0n) is 13.4. The number of hydrogen-bond acceptors (Lipinski definition) is 2. The van der Waals surface area contributed by atoms with Crippen LogP contribution in [0.4, 0.5) is 0 Å². The largest absolute Gasteiger partial charge is 0.306 e. The zero-order valence-corrected chi connectivity index (χ0v) is 14.2. The molecule has 0 amide bonds. The summed E-state index contributed by atoms with van der Waals surface area (Å²) in [5.41, 5.74) is 6.98. The first kappa shape index (κ1) is 15.3. The van der Waals surface area contributed by atoms with Crippen LogP contribution in [0, 0.1) is 34.6 Å². The van der Waals surface area contributed by atoms with Crippen LogP contribution in [0.1, 0.15) is 50.5 Å². The Morgan fingerprint density at radius 3 is 2.20 bits per heavy atom. The number of rotatable bonds is 4. The highest BCUT2D eigenvalue weighted by Crippen LogP contribution is 2.26. The Balaban J connectivity index is 2.09.